The number of benzene rings is 1. The van der Waals surface area contributed by atoms with Gasteiger partial charge in [0.2, 0.25) is 0 Å². The summed E-state index contributed by atoms with van der Waals surface area (Å²) >= 11 is 0. The zero-order valence-corrected chi connectivity index (χ0v) is 17.8. The van der Waals surface area contributed by atoms with Crippen molar-refractivity contribution in [2.45, 2.75) is 70.6 Å². The van der Waals surface area contributed by atoms with E-state index in [1.807, 2.05) is 30.9 Å². The molecule has 1 aromatic carbocycles. The van der Waals surface area contributed by atoms with Crippen molar-refractivity contribution >= 4 is 11.6 Å². The Morgan fingerprint density at radius 3 is 2.46 bits per heavy atom. The van der Waals surface area contributed by atoms with Crippen LogP contribution in [0.4, 0.5) is 10.1 Å². The van der Waals surface area contributed by atoms with E-state index in [2.05, 4.69) is 27.6 Å². The Morgan fingerprint density at radius 2 is 1.89 bits per heavy atom. The molecule has 2 saturated heterocycles. The number of nitrogens with one attached hydrogen (secondary N) is 2. The number of aliphatic imine (C=N–C) groups is 1. The molecule has 6 heteroatoms. The molecule has 2 bridgehead atoms. The summed E-state index contributed by atoms with van der Waals surface area (Å²) in [4.78, 5) is 8.98. The molecule has 2 heterocycles. The van der Waals surface area contributed by atoms with Crippen molar-refractivity contribution in [3.8, 4) is 0 Å². The average Bonchev–Trinajstić information content (AvgIpc) is 2.68. The van der Waals surface area contributed by atoms with Gasteiger partial charge in [0, 0.05) is 44.8 Å². The zero-order chi connectivity index (χ0) is 20.1. The fourth-order valence-corrected chi connectivity index (χ4v) is 4.79. The molecular weight excluding hydrogens is 353 g/mol. The Balaban J connectivity index is 1.55. The van der Waals surface area contributed by atoms with E-state index in [-0.39, 0.29) is 5.82 Å². The summed E-state index contributed by atoms with van der Waals surface area (Å²) < 4.78 is 14.5. The molecule has 5 nitrogen and oxygen atoms in total. The first kappa shape index (κ1) is 20.9. The molecule has 0 aliphatic carbocycles. The highest BCUT2D eigenvalue weighted by molar-refractivity contribution is 5.80. The van der Waals surface area contributed by atoms with Gasteiger partial charge in [-0.2, -0.15) is 0 Å². The van der Waals surface area contributed by atoms with Gasteiger partial charge >= 0.3 is 0 Å². The van der Waals surface area contributed by atoms with Crippen LogP contribution in [0.2, 0.25) is 0 Å². The van der Waals surface area contributed by atoms with Crippen molar-refractivity contribution in [3.63, 3.8) is 0 Å². The molecule has 28 heavy (non-hydrogen) atoms. The molecule has 156 valence electrons. The van der Waals surface area contributed by atoms with Crippen LogP contribution in [0, 0.1) is 5.82 Å². The minimum absolute atomic E-state index is 0.158. The summed E-state index contributed by atoms with van der Waals surface area (Å²) in [6, 6.07) is 7.34. The number of rotatable bonds is 6. The topological polar surface area (TPSA) is 42.9 Å². The smallest absolute Gasteiger partial charge is 0.191 e. The fraction of sp³-hybridized carbons (Fsp3) is 0.682. The fourth-order valence-electron chi connectivity index (χ4n) is 4.79. The Kier molecular flexibility index (Phi) is 7.16. The maximum absolute atomic E-state index is 14.5. The standard InChI is InChI=1S/C22H36FN5/c1-5-28(6-2)21-11-10-16(12-20(21)23)15-25-22(24-3)26-17-13-18-8-7-9-19(14-17)27(18)4/h10-12,17-19H,5-9,13-15H2,1-4H3,(H2,24,25,26). The number of nitrogens with zero attached hydrogens (tertiary/aromatic N) is 3. The average molecular weight is 390 g/mol. The van der Waals surface area contributed by atoms with Crippen LogP contribution in [0.25, 0.3) is 0 Å². The SMILES string of the molecule is CCN(CC)c1ccc(CNC(=NC)NC2CC3CCCC(C2)N3C)cc1F. The lowest BCUT2D eigenvalue weighted by Crippen LogP contribution is -2.56. The lowest BCUT2D eigenvalue weighted by atomic mass is 9.82. The summed E-state index contributed by atoms with van der Waals surface area (Å²) in [6.07, 6.45) is 6.29. The van der Waals surface area contributed by atoms with Crippen LogP contribution in [0.5, 0.6) is 0 Å². The summed E-state index contributed by atoms with van der Waals surface area (Å²) in [5.74, 6) is 0.648. The quantitative estimate of drug-likeness (QED) is 0.578. The molecule has 2 fully saturated rings. The summed E-state index contributed by atoms with van der Waals surface area (Å²) in [7, 11) is 4.07. The van der Waals surface area contributed by atoms with Gasteiger partial charge < -0.3 is 20.4 Å². The highest BCUT2D eigenvalue weighted by Crippen LogP contribution is 2.32. The molecule has 3 rings (SSSR count). The summed E-state index contributed by atoms with van der Waals surface area (Å²) in [5.41, 5.74) is 1.60. The predicted octanol–water partition coefficient (Wildman–Crippen LogP) is 3.35. The van der Waals surface area contributed by atoms with Crippen LogP contribution in [0.15, 0.2) is 23.2 Å². The van der Waals surface area contributed by atoms with Crippen LogP contribution in [-0.2, 0) is 6.54 Å². The van der Waals surface area contributed by atoms with E-state index < -0.39 is 0 Å². The highest BCUT2D eigenvalue weighted by atomic mass is 19.1. The van der Waals surface area contributed by atoms with Gasteiger partial charge in [-0.25, -0.2) is 4.39 Å². The van der Waals surface area contributed by atoms with Crippen molar-refractivity contribution in [2.75, 3.05) is 32.1 Å². The molecule has 2 unspecified atom stereocenters. The largest absolute Gasteiger partial charge is 0.370 e. The lowest BCUT2D eigenvalue weighted by Gasteiger charge is -2.47. The second-order valence-corrected chi connectivity index (χ2v) is 8.10. The number of anilines is 1. The molecule has 1 aromatic rings. The van der Waals surface area contributed by atoms with E-state index in [1.54, 1.807) is 13.1 Å². The molecule has 0 radical (unpaired) electrons. The van der Waals surface area contributed by atoms with Crippen molar-refractivity contribution < 1.29 is 4.39 Å². The van der Waals surface area contributed by atoms with Crippen molar-refractivity contribution in [1.29, 1.82) is 0 Å². The van der Waals surface area contributed by atoms with Gasteiger partial charge in [-0.1, -0.05) is 12.5 Å². The maximum atomic E-state index is 14.5. The summed E-state index contributed by atoms with van der Waals surface area (Å²) in [6.45, 7) is 6.27. The number of piperidine rings is 2. The molecule has 2 atom stereocenters. The van der Waals surface area contributed by atoms with Gasteiger partial charge in [0.25, 0.3) is 0 Å². The third kappa shape index (κ3) is 4.77. The molecule has 2 aliphatic heterocycles. The van der Waals surface area contributed by atoms with E-state index in [4.69, 9.17) is 0 Å². The number of guanidine groups is 1. The van der Waals surface area contributed by atoms with Gasteiger partial charge in [-0.15, -0.1) is 0 Å². The van der Waals surface area contributed by atoms with E-state index >= 15 is 0 Å². The van der Waals surface area contributed by atoms with E-state index in [0.717, 1.165) is 24.6 Å². The number of hydrogen-bond donors (Lipinski definition) is 2. The lowest BCUT2D eigenvalue weighted by molar-refractivity contribution is 0.0526. The molecule has 0 spiro atoms. The van der Waals surface area contributed by atoms with Gasteiger partial charge in [0.05, 0.1) is 5.69 Å². The van der Waals surface area contributed by atoms with Crippen LogP contribution >= 0.6 is 0 Å². The maximum Gasteiger partial charge on any atom is 0.191 e. The second-order valence-electron chi connectivity index (χ2n) is 8.10. The minimum atomic E-state index is -0.158. The third-order valence-electron chi connectivity index (χ3n) is 6.48. The molecule has 0 amide bonds. The number of fused-ring (bicyclic) bond motifs is 2. The van der Waals surface area contributed by atoms with Gasteiger partial charge in [0.15, 0.2) is 5.96 Å². The van der Waals surface area contributed by atoms with Gasteiger partial charge in [-0.3, -0.25) is 4.99 Å². The van der Waals surface area contributed by atoms with Crippen molar-refractivity contribution in [2.24, 2.45) is 4.99 Å². The van der Waals surface area contributed by atoms with E-state index in [9.17, 15) is 4.39 Å². The molecule has 0 aromatic heterocycles. The zero-order valence-electron chi connectivity index (χ0n) is 17.8. The Labute approximate surface area is 169 Å². The van der Waals surface area contributed by atoms with Gasteiger partial charge in [0.1, 0.15) is 5.82 Å². The second kappa shape index (κ2) is 9.59. The number of halogens is 1. The molecule has 2 aliphatic rings. The molecule has 2 N–H and O–H groups in total. The monoisotopic (exact) mass is 389 g/mol. The molecule has 0 saturated carbocycles. The Hall–Kier alpha value is -1.82. The normalized spacial score (nSPS) is 25.5. The summed E-state index contributed by atoms with van der Waals surface area (Å²) in [5, 5.41) is 6.96. The highest BCUT2D eigenvalue weighted by Gasteiger charge is 2.36. The minimum Gasteiger partial charge on any atom is -0.370 e. The van der Waals surface area contributed by atoms with Crippen molar-refractivity contribution in [3.05, 3.63) is 29.6 Å². The first-order valence-electron chi connectivity index (χ1n) is 10.8. The van der Waals surface area contributed by atoms with E-state index in [0.29, 0.717) is 30.4 Å². The number of hydrogen-bond acceptors (Lipinski definition) is 3. The first-order chi connectivity index (χ1) is 13.5. The van der Waals surface area contributed by atoms with Crippen LogP contribution < -0.4 is 15.5 Å². The predicted molar refractivity (Wildman–Crippen MR) is 116 cm³/mol. The Bertz CT molecular complexity index is 659. The first-order valence-corrected chi connectivity index (χ1v) is 10.8. The van der Waals surface area contributed by atoms with Crippen molar-refractivity contribution in [1.82, 2.24) is 15.5 Å². The van der Waals surface area contributed by atoms with Crippen LogP contribution in [0.3, 0.4) is 0 Å². The molecular formula is C22H36FN5. The van der Waals surface area contributed by atoms with Crippen LogP contribution in [0.1, 0.15) is 51.5 Å². The third-order valence-corrected chi connectivity index (χ3v) is 6.48. The van der Waals surface area contributed by atoms with Crippen LogP contribution in [-0.4, -0.2) is 56.2 Å². The Morgan fingerprint density at radius 1 is 1.21 bits per heavy atom. The van der Waals surface area contributed by atoms with Gasteiger partial charge in [-0.05, 0) is 64.3 Å². The van der Waals surface area contributed by atoms with E-state index in [1.165, 1.54) is 32.1 Å².